The van der Waals surface area contributed by atoms with Crippen LogP contribution in [0.3, 0.4) is 0 Å². The first-order chi connectivity index (χ1) is 6.63. The third-order valence-electron chi connectivity index (χ3n) is 2.82. The Morgan fingerprint density at radius 2 is 2.50 bits per heavy atom. The maximum atomic E-state index is 12.1. The molecule has 5 nitrogen and oxygen atoms in total. The largest absolute Gasteiger partial charge is 0.305 e. The minimum absolute atomic E-state index is 0.0856. The van der Waals surface area contributed by atoms with Crippen LogP contribution in [-0.4, -0.2) is 32.9 Å². The summed E-state index contributed by atoms with van der Waals surface area (Å²) in [7, 11) is 1.73. The Balaban J connectivity index is 2.28. The molecule has 0 radical (unpaired) electrons. The highest BCUT2D eigenvalue weighted by Gasteiger charge is 2.37. The second kappa shape index (κ2) is 3.16. The number of aromatic nitrogens is 3. The molecule has 1 aliphatic heterocycles. The summed E-state index contributed by atoms with van der Waals surface area (Å²) in [4.78, 5) is 12.1. The third-order valence-corrected chi connectivity index (χ3v) is 2.82. The van der Waals surface area contributed by atoms with E-state index in [1.165, 1.54) is 10.9 Å². The van der Waals surface area contributed by atoms with Gasteiger partial charge in [-0.25, -0.2) is 4.68 Å². The molecular weight excluding hydrogens is 180 g/mol. The molecule has 1 aromatic heterocycles. The van der Waals surface area contributed by atoms with Crippen molar-refractivity contribution < 1.29 is 4.79 Å². The molecule has 5 heteroatoms. The third kappa shape index (κ3) is 1.33. The van der Waals surface area contributed by atoms with Gasteiger partial charge in [0.2, 0.25) is 5.78 Å². The summed E-state index contributed by atoms with van der Waals surface area (Å²) in [5, 5.41) is 10.7. The van der Waals surface area contributed by atoms with E-state index in [9.17, 15) is 4.79 Å². The highest BCUT2D eigenvalue weighted by molar-refractivity contribution is 6.01. The van der Waals surface area contributed by atoms with Gasteiger partial charge in [-0.2, -0.15) is 0 Å². The van der Waals surface area contributed by atoms with Gasteiger partial charge >= 0.3 is 0 Å². The van der Waals surface area contributed by atoms with E-state index in [1.54, 1.807) is 7.05 Å². The number of Topliss-reactive ketones (excluding diaryl/α,β-unsaturated/α-hetero) is 1. The van der Waals surface area contributed by atoms with Crippen LogP contribution in [0.2, 0.25) is 0 Å². The van der Waals surface area contributed by atoms with Gasteiger partial charge in [-0.05, 0) is 26.3 Å². The van der Waals surface area contributed by atoms with Crippen LogP contribution in [0, 0.1) is 0 Å². The van der Waals surface area contributed by atoms with Gasteiger partial charge in [0.15, 0.2) is 0 Å². The summed E-state index contributed by atoms with van der Waals surface area (Å²) in [6.07, 6.45) is 3.46. The van der Waals surface area contributed by atoms with E-state index in [-0.39, 0.29) is 5.78 Å². The van der Waals surface area contributed by atoms with Crippen molar-refractivity contribution in [3.63, 3.8) is 0 Å². The smallest absolute Gasteiger partial charge is 0.202 e. The van der Waals surface area contributed by atoms with E-state index in [2.05, 4.69) is 15.6 Å². The average molecular weight is 194 g/mol. The zero-order valence-electron chi connectivity index (χ0n) is 8.45. The monoisotopic (exact) mass is 194 g/mol. The summed E-state index contributed by atoms with van der Waals surface area (Å²) in [5.41, 5.74) is 0.150. The first-order valence-electron chi connectivity index (χ1n) is 4.78. The first kappa shape index (κ1) is 9.33. The number of nitrogens with zero attached hydrogens (tertiary/aromatic N) is 3. The number of hydrogen-bond donors (Lipinski definition) is 1. The van der Waals surface area contributed by atoms with Gasteiger partial charge in [0.1, 0.15) is 5.69 Å². The Kier molecular flexibility index (Phi) is 2.11. The van der Waals surface area contributed by atoms with Crippen molar-refractivity contribution >= 4 is 5.78 Å². The lowest BCUT2D eigenvalue weighted by Gasteiger charge is -2.21. The lowest BCUT2D eigenvalue weighted by Crippen LogP contribution is -2.45. The first-order valence-corrected chi connectivity index (χ1v) is 4.78. The SMILES string of the molecule is Cn1nncc1C(=O)C1(C)CCCN1. The molecule has 14 heavy (non-hydrogen) atoms. The van der Waals surface area contributed by atoms with Crippen molar-refractivity contribution in [2.24, 2.45) is 7.05 Å². The fourth-order valence-corrected chi connectivity index (χ4v) is 1.87. The minimum atomic E-state index is -0.421. The van der Waals surface area contributed by atoms with Gasteiger partial charge in [-0.15, -0.1) is 5.10 Å². The molecule has 0 aliphatic carbocycles. The normalized spacial score (nSPS) is 26.7. The Labute approximate surface area is 82.5 Å². The van der Waals surface area contributed by atoms with Crippen molar-refractivity contribution in [2.75, 3.05) is 6.54 Å². The number of ketones is 1. The molecule has 1 aromatic rings. The highest BCUT2D eigenvalue weighted by Crippen LogP contribution is 2.22. The molecule has 0 saturated carbocycles. The predicted molar refractivity (Wildman–Crippen MR) is 51.0 cm³/mol. The summed E-state index contributed by atoms with van der Waals surface area (Å²) < 4.78 is 1.52. The lowest BCUT2D eigenvalue weighted by molar-refractivity contribution is 0.0874. The molecule has 1 fully saturated rings. The van der Waals surface area contributed by atoms with Crippen molar-refractivity contribution in [1.82, 2.24) is 20.3 Å². The van der Waals surface area contributed by atoms with Crippen LogP contribution >= 0.6 is 0 Å². The molecule has 2 rings (SSSR count). The van der Waals surface area contributed by atoms with E-state index in [0.717, 1.165) is 19.4 Å². The van der Waals surface area contributed by atoms with Crippen LogP contribution in [0.5, 0.6) is 0 Å². The van der Waals surface area contributed by atoms with Crippen molar-refractivity contribution in [1.29, 1.82) is 0 Å². The molecule has 1 N–H and O–H groups in total. The lowest BCUT2D eigenvalue weighted by atomic mass is 9.93. The summed E-state index contributed by atoms with van der Waals surface area (Å²) in [5.74, 6) is 0.0856. The van der Waals surface area contributed by atoms with E-state index in [4.69, 9.17) is 0 Å². The molecule has 0 aromatic carbocycles. The number of carbonyl (C=O) groups excluding carboxylic acids is 1. The number of aryl methyl sites for hydroxylation is 1. The average Bonchev–Trinajstić information content (AvgIpc) is 2.74. The molecule has 1 aliphatic rings. The quantitative estimate of drug-likeness (QED) is 0.680. The Morgan fingerprint density at radius 3 is 3.00 bits per heavy atom. The second-order valence-electron chi connectivity index (χ2n) is 3.93. The van der Waals surface area contributed by atoms with Crippen LogP contribution in [0.25, 0.3) is 0 Å². The predicted octanol–water partition coefficient (Wildman–Crippen LogP) is 0.140. The zero-order chi connectivity index (χ0) is 10.2. The number of rotatable bonds is 2. The summed E-state index contributed by atoms with van der Waals surface area (Å²) in [6.45, 7) is 2.85. The molecule has 1 saturated heterocycles. The van der Waals surface area contributed by atoms with E-state index >= 15 is 0 Å². The van der Waals surface area contributed by atoms with Crippen molar-refractivity contribution in [2.45, 2.75) is 25.3 Å². The molecule has 1 atom stereocenters. The Bertz CT molecular complexity index is 351. The van der Waals surface area contributed by atoms with Crippen LogP contribution in [-0.2, 0) is 7.05 Å². The number of nitrogens with one attached hydrogen (secondary N) is 1. The van der Waals surface area contributed by atoms with Crippen molar-refractivity contribution in [3.05, 3.63) is 11.9 Å². The maximum Gasteiger partial charge on any atom is 0.202 e. The minimum Gasteiger partial charge on any atom is -0.305 e. The summed E-state index contributed by atoms with van der Waals surface area (Å²) in [6, 6.07) is 0. The zero-order valence-corrected chi connectivity index (χ0v) is 8.45. The molecule has 0 spiro atoms. The van der Waals surface area contributed by atoms with Gasteiger partial charge in [0.05, 0.1) is 11.7 Å². The van der Waals surface area contributed by atoms with E-state index in [0.29, 0.717) is 5.69 Å². The van der Waals surface area contributed by atoms with E-state index in [1.807, 2.05) is 6.92 Å². The highest BCUT2D eigenvalue weighted by atomic mass is 16.1. The Morgan fingerprint density at radius 1 is 1.71 bits per heavy atom. The van der Waals surface area contributed by atoms with Gasteiger partial charge in [-0.3, -0.25) is 4.79 Å². The van der Waals surface area contributed by atoms with Crippen LogP contribution in [0.15, 0.2) is 6.20 Å². The van der Waals surface area contributed by atoms with Crippen LogP contribution in [0.4, 0.5) is 0 Å². The standard InChI is InChI=1S/C9H14N4O/c1-9(4-3-5-10-9)8(14)7-6-11-12-13(7)2/h6,10H,3-5H2,1-2H3. The van der Waals surface area contributed by atoms with Gasteiger partial charge in [0, 0.05) is 7.05 Å². The van der Waals surface area contributed by atoms with Gasteiger partial charge in [-0.1, -0.05) is 5.21 Å². The van der Waals surface area contributed by atoms with Crippen molar-refractivity contribution in [3.8, 4) is 0 Å². The van der Waals surface area contributed by atoms with Crippen LogP contribution < -0.4 is 5.32 Å². The summed E-state index contributed by atoms with van der Waals surface area (Å²) >= 11 is 0. The molecular formula is C9H14N4O. The molecule has 2 heterocycles. The molecule has 0 amide bonds. The van der Waals surface area contributed by atoms with E-state index < -0.39 is 5.54 Å². The molecule has 1 unspecified atom stereocenters. The maximum absolute atomic E-state index is 12.1. The number of hydrogen-bond acceptors (Lipinski definition) is 4. The second-order valence-corrected chi connectivity index (χ2v) is 3.93. The topological polar surface area (TPSA) is 59.8 Å². The number of carbonyl (C=O) groups is 1. The van der Waals surface area contributed by atoms with Crippen LogP contribution in [0.1, 0.15) is 30.3 Å². The van der Waals surface area contributed by atoms with Gasteiger partial charge < -0.3 is 5.32 Å². The van der Waals surface area contributed by atoms with Gasteiger partial charge in [0.25, 0.3) is 0 Å². The fraction of sp³-hybridized carbons (Fsp3) is 0.667. The molecule has 0 bridgehead atoms. The fourth-order valence-electron chi connectivity index (χ4n) is 1.87. The Hall–Kier alpha value is -1.23. The molecule has 76 valence electrons.